The van der Waals surface area contributed by atoms with Gasteiger partial charge in [-0.15, -0.1) is 5.10 Å². The Morgan fingerprint density at radius 1 is 1.38 bits per heavy atom. The maximum absolute atomic E-state index is 11.7. The predicted molar refractivity (Wildman–Crippen MR) is 78.3 cm³/mol. The van der Waals surface area contributed by atoms with Crippen molar-refractivity contribution in [1.82, 2.24) is 9.78 Å². The Morgan fingerprint density at radius 3 is 2.71 bits per heavy atom. The molecular weight excluding hydrogens is 268 g/mol. The average Bonchev–Trinajstić information content (AvgIpc) is 3.40. The molecule has 3 rings (SSSR count). The summed E-state index contributed by atoms with van der Waals surface area (Å²) >= 11 is 0. The molecule has 0 aliphatic heterocycles. The highest BCUT2D eigenvalue weighted by Crippen LogP contribution is 2.49. The quantitative estimate of drug-likeness (QED) is 0.688. The minimum Gasteiger partial charge on any atom is -0.476 e. The third-order valence-corrected chi connectivity index (χ3v) is 4.35. The molecule has 0 radical (unpaired) electrons. The van der Waals surface area contributed by atoms with E-state index in [2.05, 4.69) is 12.0 Å². The molecule has 0 amide bonds. The number of hydrogen-bond donors (Lipinski definition) is 0. The first-order valence-electron chi connectivity index (χ1n) is 8.13. The molecule has 0 atom stereocenters. The molecule has 0 N–H and O–H groups in total. The van der Waals surface area contributed by atoms with Gasteiger partial charge < -0.3 is 9.47 Å². The van der Waals surface area contributed by atoms with Crippen molar-refractivity contribution in [3.05, 3.63) is 12.3 Å². The lowest BCUT2D eigenvalue weighted by molar-refractivity contribution is 0.141. The van der Waals surface area contributed by atoms with Gasteiger partial charge in [0, 0.05) is 12.3 Å². The van der Waals surface area contributed by atoms with E-state index in [-0.39, 0.29) is 0 Å². The van der Waals surface area contributed by atoms with Crippen LogP contribution < -0.4 is 4.74 Å². The van der Waals surface area contributed by atoms with Crippen molar-refractivity contribution in [3.8, 4) is 5.88 Å². The van der Waals surface area contributed by atoms with Gasteiger partial charge in [0.2, 0.25) is 5.88 Å². The number of unbranched alkanes of at least 4 members (excludes halogenated alkanes) is 1. The van der Waals surface area contributed by atoms with E-state index >= 15 is 0 Å². The number of hydrogen-bond acceptors (Lipinski definition) is 4. The fraction of sp³-hybridized carbons (Fsp3) is 0.750. The van der Waals surface area contributed by atoms with Crippen LogP contribution in [0.1, 0.15) is 45.4 Å². The molecule has 1 aromatic heterocycles. The smallest absolute Gasteiger partial charge is 0.434 e. The van der Waals surface area contributed by atoms with Crippen LogP contribution in [-0.4, -0.2) is 29.1 Å². The van der Waals surface area contributed by atoms with Crippen LogP contribution in [0, 0.1) is 17.8 Å². The number of nitrogens with zero attached hydrogens (tertiary/aromatic N) is 2. The van der Waals surface area contributed by atoms with Crippen LogP contribution in [0.2, 0.25) is 0 Å². The molecule has 2 fully saturated rings. The fourth-order valence-corrected chi connectivity index (χ4v) is 2.74. The summed E-state index contributed by atoms with van der Waals surface area (Å²) in [6, 6.07) is 1.73. The minimum atomic E-state index is -0.431. The number of rotatable bonds is 8. The molecule has 2 aliphatic rings. The van der Waals surface area contributed by atoms with Crippen LogP contribution in [0.4, 0.5) is 4.79 Å². The van der Waals surface area contributed by atoms with Crippen molar-refractivity contribution in [2.45, 2.75) is 45.4 Å². The van der Waals surface area contributed by atoms with E-state index in [0.29, 0.717) is 18.4 Å². The van der Waals surface area contributed by atoms with Gasteiger partial charge in [-0.05, 0) is 49.9 Å². The number of carbonyl (C=O) groups is 1. The number of carbonyl (C=O) groups excluding carboxylic acids is 1. The molecule has 2 aliphatic carbocycles. The Labute approximate surface area is 125 Å². The second-order valence-electron chi connectivity index (χ2n) is 6.22. The monoisotopic (exact) mass is 292 g/mol. The van der Waals surface area contributed by atoms with Gasteiger partial charge in [-0.25, -0.2) is 4.79 Å². The van der Waals surface area contributed by atoms with Gasteiger partial charge in [0.1, 0.15) is 0 Å². The van der Waals surface area contributed by atoms with Gasteiger partial charge in [-0.1, -0.05) is 13.3 Å². The molecule has 5 nitrogen and oxygen atoms in total. The van der Waals surface area contributed by atoms with Gasteiger partial charge in [0.25, 0.3) is 0 Å². The van der Waals surface area contributed by atoms with Crippen LogP contribution in [-0.2, 0) is 4.74 Å². The standard InChI is InChI=1S/C16H24N2O3/c1-2-3-10-20-16(19)18-9-8-15(17-18)21-11-14(12-4-5-12)13-6-7-13/h8-9,12-14H,2-7,10-11H2,1H3. The fourth-order valence-electron chi connectivity index (χ4n) is 2.74. The summed E-state index contributed by atoms with van der Waals surface area (Å²) < 4.78 is 12.1. The Bertz CT molecular complexity index is 466. The highest BCUT2D eigenvalue weighted by Gasteiger charge is 2.41. The Morgan fingerprint density at radius 2 is 2.10 bits per heavy atom. The molecule has 0 saturated heterocycles. The lowest BCUT2D eigenvalue weighted by Crippen LogP contribution is -2.17. The van der Waals surface area contributed by atoms with Gasteiger partial charge in [-0.3, -0.25) is 0 Å². The van der Waals surface area contributed by atoms with Crippen molar-refractivity contribution in [2.75, 3.05) is 13.2 Å². The van der Waals surface area contributed by atoms with E-state index in [4.69, 9.17) is 9.47 Å². The maximum Gasteiger partial charge on any atom is 0.434 e. The molecule has 1 aromatic rings. The van der Waals surface area contributed by atoms with Crippen LogP contribution in [0.3, 0.4) is 0 Å². The van der Waals surface area contributed by atoms with E-state index in [1.165, 1.54) is 30.4 Å². The molecule has 1 heterocycles. The van der Waals surface area contributed by atoms with Crippen molar-refractivity contribution < 1.29 is 14.3 Å². The molecule has 21 heavy (non-hydrogen) atoms. The van der Waals surface area contributed by atoms with E-state index in [1.807, 2.05) is 0 Å². The molecule has 116 valence electrons. The van der Waals surface area contributed by atoms with Crippen LogP contribution in [0.15, 0.2) is 12.3 Å². The lowest BCUT2D eigenvalue weighted by Gasteiger charge is -2.14. The maximum atomic E-state index is 11.7. The zero-order valence-corrected chi connectivity index (χ0v) is 12.7. The largest absolute Gasteiger partial charge is 0.476 e. The van der Waals surface area contributed by atoms with Crippen molar-refractivity contribution >= 4 is 6.09 Å². The van der Waals surface area contributed by atoms with E-state index in [9.17, 15) is 4.79 Å². The SMILES string of the molecule is CCCCOC(=O)n1ccc(OCC(C2CC2)C2CC2)n1. The van der Waals surface area contributed by atoms with Crippen LogP contribution in [0.5, 0.6) is 5.88 Å². The Hall–Kier alpha value is -1.52. The van der Waals surface area contributed by atoms with Crippen molar-refractivity contribution in [1.29, 1.82) is 0 Å². The summed E-state index contributed by atoms with van der Waals surface area (Å²) in [5.74, 6) is 2.93. The third-order valence-electron chi connectivity index (χ3n) is 4.35. The first-order chi connectivity index (χ1) is 10.3. The van der Waals surface area contributed by atoms with E-state index in [1.54, 1.807) is 12.3 Å². The summed E-state index contributed by atoms with van der Waals surface area (Å²) in [5, 5.41) is 4.14. The third kappa shape index (κ3) is 3.99. The second-order valence-corrected chi connectivity index (χ2v) is 6.22. The summed E-state index contributed by atoms with van der Waals surface area (Å²) in [7, 11) is 0. The minimum absolute atomic E-state index is 0.431. The number of ether oxygens (including phenoxy) is 2. The summed E-state index contributed by atoms with van der Waals surface area (Å²) in [4.78, 5) is 11.7. The van der Waals surface area contributed by atoms with Crippen LogP contribution in [0.25, 0.3) is 0 Å². The highest BCUT2D eigenvalue weighted by molar-refractivity contribution is 5.69. The highest BCUT2D eigenvalue weighted by atomic mass is 16.6. The molecule has 0 aromatic carbocycles. The molecular formula is C16H24N2O3. The zero-order valence-electron chi connectivity index (χ0n) is 12.7. The first kappa shape index (κ1) is 14.4. The molecule has 0 spiro atoms. The molecule has 5 heteroatoms. The molecule has 0 bridgehead atoms. The van der Waals surface area contributed by atoms with Crippen molar-refractivity contribution in [2.24, 2.45) is 17.8 Å². The van der Waals surface area contributed by atoms with Gasteiger partial charge >= 0.3 is 6.09 Å². The zero-order chi connectivity index (χ0) is 14.7. The van der Waals surface area contributed by atoms with Crippen LogP contribution >= 0.6 is 0 Å². The molecule has 2 saturated carbocycles. The summed E-state index contributed by atoms with van der Waals surface area (Å²) in [5.41, 5.74) is 0. The number of aromatic nitrogens is 2. The first-order valence-corrected chi connectivity index (χ1v) is 8.13. The van der Waals surface area contributed by atoms with Gasteiger partial charge in [0.05, 0.1) is 13.2 Å². The normalized spacial score (nSPS) is 18.0. The van der Waals surface area contributed by atoms with Crippen molar-refractivity contribution in [3.63, 3.8) is 0 Å². The van der Waals surface area contributed by atoms with Gasteiger partial charge in [0.15, 0.2) is 0 Å². The van der Waals surface area contributed by atoms with Gasteiger partial charge in [-0.2, -0.15) is 4.68 Å². The topological polar surface area (TPSA) is 53.4 Å². The Kier molecular flexibility index (Phi) is 4.46. The lowest BCUT2D eigenvalue weighted by atomic mass is 9.99. The van der Waals surface area contributed by atoms with E-state index < -0.39 is 6.09 Å². The predicted octanol–water partition coefficient (Wildman–Crippen LogP) is 3.48. The average molecular weight is 292 g/mol. The second kappa shape index (κ2) is 6.50. The summed E-state index contributed by atoms with van der Waals surface area (Å²) in [6.07, 6.45) is 8.45. The Balaban J connectivity index is 1.46. The molecule has 0 unspecified atom stereocenters. The summed E-state index contributed by atoms with van der Waals surface area (Å²) in [6.45, 7) is 3.23. The van der Waals surface area contributed by atoms with E-state index in [0.717, 1.165) is 31.3 Å².